The molecule has 0 aliphatic carbocycles. The van der Waals surface area contributed by atoms with Crippen LogP contribution in [-0.2, 0) is 0 Å². The molecule has 4 nitrogen and oxygen atoms in total. The van der Waals surface area contributed by atoms with Crippen molar-refractivity contribution in [3.05, 3.63) is 24.3 Å². The van der Waals surface area contributed by atoms with E-state index >= 15 is 0 Å². The molecule has 2 rings (SSSR count). The van der Waals surface area contributed by atoms with Gasteiger partial charge in [0.05, 0.1) is 14.2 Å². The highest BCUT2D eigenvalue weighted by Gasteiger charge is 2.17. The predicted molar refractivity (Wildman–Crippen MR) is 84.7 cm³/mol. The Morgan fingerprint density at radius 1 is 0.750 bits per heavy atom. The quantitative estimate of drug-likeness (QED) is 0.724. The smallest absolute Gasteiger partial charge is 0.165 e. The van der Waals surface area contributed by atoms with Gasteiger partial charge in [0.1, 0.15) is 15.7 Å². The molecule has 0 unspecified atom stereocenters. The first-order valence-electron chi connectivity index (χ1n) is 6.23. The zero-order valence-corrected chi connectivity index (χ0v) is 12.0. The van der Waals surface area contributed by atoms with Crippen LogP contribution in [0.2, 0.25) is 0 Å². The lowest BCUT2D eigenvalue weighted by atomic mass is 9.87. The van der Waals surface area contributed by atoms with Gasteiger partial charge in [0.15, 0.2) is 23.0 Å². The fraction of sp³-hybridized carbons (Fsp3) is 0.143. The zero-order chi connectivity index (χ0) is 14.9. The van der Waals surface area contributed by atoms with Crippen LogP contribution in [0.1, 0.15) is 0 Å². The van der Waals surface area contributed by atoms with Crippen molar-refractivity contribution in [2.45, 2.75) is 0 Å². The number of phenolic OH excluding ortho intramolecular Hbond substituents is 2. The van der Waals surface area contributed by atoms with Gasteiger partial charge >= 0.3 is 0 Å². The molecular weight excluding hydrogens is 254 g/mol. The van der Waals surface area contributed by atoms with Crippen LogP contribution in [0.3, 0.4) is 0 Å². The van der Waals surface area contributed by atoms with E-state index in [2.05, 4.69) is 0 Å². The van der Waals surface area contributed by atoms with E-state index in [1.165, 1.54) is 14.2 Å². The summed E-state index contributed by atoms with van der Waals surface area (Å²) >= 11 is 0. The van der Waals surface area contributed by atoms with E-state index in [0.29, 0.717) is 22.6 Å². The standard InChI is InChI=1S/C14H16B2O4/c1-19-11-5-7(15)3-9(13(11)17)10-4-8(16)6-12(20-2)14(10)18/h3-6,17-18H,15-16H2,1-2H3. The molecule has 102 valence electrons. The summed E-state index contributed by atoms with van der Waals surface area (Å²) < 4.78 is 10.3. The Morgan fingerprint density at radius 3 is 1.40 bits per heavy atom. The minimum absolute atomic E-state index is 0.000975. The van der Waals surface area contributed by atoms with Crippen molar-refractivity contribution in [1.82, 2.24) is 0 Å². The molecule has 0 aromatic heterocycles. The van der Waals surface area contributed by atoms with Crippen molar-refractivity contribution in [3.8, 4) is 34.1 Å². The maximum atomic E-state index is 10.3. The lowest BCUT2D eigenvalue weighted by molar-refractivity contribution is 0.371. The van der Waals surface area contributed by atoms with Gasteiger partial charge in [-0.1, -0.05) is 23.1 Å². The first-order chi connectivity index (χ1) is 9.47. The molecule has 0 radical (unpaired) electrons. The van der Waals surface area contributed by atoms with E-state index < -0.39 is 0 Å². The Labute approximate surface area is 119 Å². The molecule has 0 aliphatic heterocycles. The summed E-state index contributed by atoms with van der Waals surface area (Å²) in [6, 6.07) is 7.07. The maximum Gasteiger partial charge on any atom is 0.165 e. The summed E-state index contributed by atoms with van der Waals surface area (Å²) in [6.07, 6.45) is 0. The number of ether oxygens (including phenoxy) is 2. The van der Waals surface area contributed by atoms with E-state index in [4.69, 9.17) is 9.47 Å². The number of hydrogen-bond acceptors (Lipinski definition) is 4. The molecular formula is C14H16B2O4. The summed E-state index contributed by atoms with van der Waals surface area (Å²) in [4.78, 5) is 0. The van der Waals surface area contributed by atoms with Gasteiger partial charge in [0.2, 0.25) is 0 Å². The van der Waals surface area contributed by atoms with Crippen molar-refractivity contribution in [3.63, 3.8) is 0 Å². The van der Waals surface area contributed by atoms with Crippen LogP contribution in [0.15, 0.2) is 24.3 Å². The Morgan fingerprint density at radius 2 is 1.10 bits per heavy atom. The molecule has 0 heterocycles. The monoisotopic (exact) mass is 270 g/mol. The van der Waals surface area contributed by atoms with Crippen molar-refractivity contribution in [2.75, 3.05) is 14.2 Å². The van der Waals surface area contributed by atoms with E-state index in [1.54, 1.807) is 24.3 Å². The minimum Gasteiger partial charge on any atom is -0.504 e. The first kappa shape index (κ1) is 14.2. The van der Waals surface area contributed by atoms with E-state index in [-0.39, 0.29) is 11.5 Å². The van der Waals surface area contributed by atoms with Crippen LogP contribution < -0.4 is 20.4 Å². The average Bonchev–Trinajstić information content (AvgIpc) is 2.43. The second-order valence-corrected chi connectivity index (χ2v) is 4.73. The highest BCUT2D eigenvalue weighted by molar-refractivity contribution is 6.34. The third-order valence-corrected chi connectivity index (χ3v) is 3.17. The average molecular weight is 270 g/mol. The largest absolute Gasteiger partial charge is 0.504 e. The van der Waals surface area contributed by atoms with Gasteiger partial charge in [0, 0.05) is 11.1 Å². The number of methoxy groups -OCH3 is 2. The normalized spacial score (nSPS) is 10.3. The Hall–Kier alpha value is -2.23. The highest BCUT2D eigenvalue weighted by atomic mass is 16.5. The van der Waals surface area contributed by atoms with Crippen LogP contribution in [0.25, 0.3) is 11.1 Å². The van der Waals surface area contributed by atoms with Gasteiger partial charge in [-0.25, -0.2) is 0 Å². The van der Waals surface area contributed by atoms with Crippen LogP contribution in [0, 0.1) is 0 Å². The summed E-state index contributed by atoms with van der Waals surface area (Å²) in [5.74, 6) is 0.752. The Balaban J connectivity index is 2.74. The number of rotatable bonds is 3. The highest BCUT2D eigenvalue weighted by Crippen LogP contribution is 2.42. The molecule has 0 aliphatic rings. The third kappa shape index (κ3) is 2.41. The first-order valence-corrected chi connectivity index (χ1v) is 6.23. The maximum absolute atomic E-state index is 10.3. The molecule has 2 aromatic rings. The fourth-order valence-electron chi connectivity index (χ4n) is 2.21. The zero-order valence-electron chi connectivity index (χ0n) is 12.0. The molecule has 2 N–H and O–H groups in total. The molecule has 0 saturated heterocycles. The SMILES string of the molecule is Bc1cc(OC)c(O)c(-c2cc(B)cc(OC)c2O)c1. The van der Waals surface area contributed by atoms with Gasteiger partial charge in [-0.3, -0.25) is 0 Å². The Bertz CT molecular complexity index is 599. The molecule has 0 fully saturated rings. The molecule has 20 heavy (non-hydrogen) atoms. The molecule has 0 atom stereocenters. The summed E-state index contributed by atoms with van der Waals surface area (Å²) in [5.41, 5.74) is 2.88. The van der Waals surface area contributed by atoms with Crippen LogP contribution in [0.5, 0.6) is 23.0 Å². The summed E-state index contributed by atoms with van der Waals surface area (Å²) in [5, 5.41) is 20.5. The van der Waals surface area contributed by atoms with Crippen molar-refractivity contribution in [2.24, 2.45) is 0 Å². The molecule has 6 heteroatoms. The molecule has 0 bridgehead atoms. The predicted octanol–water partition coefficient (Wildman–Crippen LogP) is -0.701. The fourth-order valence-corrected chi connectivity index (χ4v) is 2.21. The number of aromatic hydroxyl groups is 2. The van der Waals surface area contributed by atoms with E-state index in [1.807, 2.05) is 15.7 Å². The molecule has 2 aromatic carbocycles. The van der Waals surface area contributed by atoms with Gasteiger partial charge in [-0.2, -0.15) is 0 Å². The summed E-state index contributed by atoms with van der Waals surface area (Å²) in [7, 11) is 6.79. The lowest BCUT2D eigenvalue weighted by Crippen LogP contribution is -2.07. The van der Waals surface area contributed by atoms with Crippen molar-refractivity contribution >= 4 is 26.6 Å². The van der Waals surface area contributed by atoms with Gasteiger partial charge in [-0.05, 0) is 12.1 Å². The van der Waals surface area contributed by atoms with Crippen LogP contribution in [-0.4, -0.2) is 40.1 Å². The second kappa shape index (κ2) is 5.41. The molecule has 0 spiro atoms. The van der Waals surface area contributed by atoms with Crippen molar-refractivity contribution in [1.29, 1.82) is 0 Å². The third-order valence-electron chi connectivity index (χ3n) is 3.17. The number of hydrogen-bond donors (Lipinski definition) is 2. The van der Waals surface area contributed by atoms with Crippen molar-refractivity contribution < 1.29 is 19.7 Å². The number of benzene rings is 2. The number of phenols is 2. The van der Waals surface area contributed by atoms with Crippen LogP contribution in [0.4, 0.5) is 0 Å². The molecule has 0 saturated carbocycles. The van der Waals surface area contributed by atoms with E-state index in [9.17, 15) is 10.2 Å². The summed E-state index contributed by atoms with van der Waals surface area (Å²) in [6.45, 7) is 0. The topological polar surface area (TPSA) is 58.9 Å². The van der Waals surface area contributed by atoms with Gasteiger partial charge in [0.25, 0.3) is 0 Å². The van der Waals surface area contributed by atoms with Crippen LogP contribution >= 0.6 is 0 Å². The van der Waals surface area contributed by atoms with Gasteiger partial charge in [-0.15, -0.1) is 0 Å². The Kier molecular flexibility index (Phi) is 3.84. The second-order valence-electron chi connectivity index (χ2n) is 4.73. The molecule has 0 amide bonds. The lowest BCUT2D eigenvalue weighted by Gasteiger charge is -2.14. The minimum atomic E-state index is 0.000975. The van der Waals surface area contributed by atoms with E-state index in [0.717, 1.165) is 10.9 Å². The van der Waals surface area contributed by atoms with Gasteiger partial charge < -0.3 is 19.7 Å².